The van der Waals surface area contributed by atoms with E-state index in [0.717, 1.165) is 10.0 Å². The van der Waals surface area contributed by atoms with Crippen LogP contribution in [0, 0.1) is 5.92 Å². The zero-order valence-electron chi connectivity index (χ0n) is 11.1. The standard InChI is InChI=1S/C14H19Br2NO/c1-9(2)12(16)13(18)17-14(3,4)10-5-7-11(15)8-6-10/h5-9,12H,1-4H3,(H,17,18). The number of benzene rings is 1. The molecule has 4 heteroatoms. The summed E-state index contributed by atoms with van der Waals surface area (Å²) in [4.78, 5) is 11.9. The molecule has 1 atom stereocenters. The van der Waals surface area contributed by atoms with Crippen molar-refractivity contribution in [3.63, 3.8) is 0 Å². The smallest absolute Gasteiger partial charge is 0.234 e. The van der Waals surface area contributed by atoms with Gasteiger partial charge in [-0.25, -0.2) is 0 Å². The molecule has 1 unspecified atom stereocenters. The Labute approximate surface area is 126 Å². The van der Waals surface area contributed by atoms with E-state index in [9.17, 15) is 4.79 Å². The largest absolute Gasteiger partial charge is 0.346 e. The quantitative estimate of drug-likeness (QED) is 0.783. The fourth-order valence-corrected chi connectivity index (χ4v) is 2.00. The van der Waals surface area contributed by atoms with Gasteiger partial charge in [0.05, 0.1) is 10.4 Å². The zero-order valence-corrected chi connectivity index (χ0v) is 14.3. The lowest BCUT2D eigenvalue weighted by Crippen LogP contribution is -2.45. The van der Waals surface area contributed by atoms with E-state index in [1.807, 2.05) is 52.0 Å². The fourth-order valence-electron chi connectivity index (χ4n) is 1.62. The van der Waals surface area contributed by atoms with Crippen LogP contribution in [0.4, 0.5) is 0 Å². The van der Waals surface area contributed by atoms with Crippen molar-refractivity contribution < 1.29 is 4.79 Å². The Bertz CT molecular complexity index is 412. The van der Waals surface area contributed by atoms with Gasteiger partial charge in [-0.1, -0.05) is 57.8 Å². The number of hydrogen-bond donors (Lipinski definition) is 1. The van der Waals surface area contributed by atoms with Gasteiger partial charge in [0.25, 0.3) is 0 Å². The van der Waals surface area contributed by atoms with Crippen LogP contribution in [-0.2, 0) is 10.3 Å². The Morgan fingerprint density at radius 1 is 1.22 bits per heavy atom. The molecule has 0 aliphatic rings. The maximum Gasteiger partial charge on any atom is 0.234 e. The number of rotatable bonds is 4. The van der Waals surface area contributed by atoms with Crippen LogP contribution in [0.1, 0.15) is 33.3 Å². The minimum atomic E-state index is -0.376. The Balaban J connectivity index is 2.81. The summed E-state index contributed by atoms with van der Waals surface area (Å²) in [6.45, 7) is 8.06. The second-order valence-electron chi connectivity index (χ2n) is 5.27. The Morgan fingerprint density at radius 3 is 2.17 bits per heavy atom. The van der Waals surface area contributed by atoms with E-state index in [0.29, 0.717) is 0 Å². The van der Waals surface area contributed by atoms with Gasteiger partial charge in [-0.2, -0.15) is 0 Å². The SMILES string of the molecule is CC(C)C(Br)C(=O)NC(C)(C)c1ccc(Br)cc1. The summed E-state index contributed by atoms with van der Waals surface area (Å²) in [5, 5.41) is 3.07. The number of alkyl halides is 1. The second kappa shape index (κ2) is 6.20. The molecular formula is C14H19Br2NO. The van der Waals surface area contributed by atoms with Crippen LogP contribution in [0.15, 0.2) is 28.7 Å². The van der Waals surface area contributed by atoms with Crippen LogP contribution in [0.2, 0.25) is 0 Å². The Hall–Kier alpha value is -0.350. The first-order chi connectivity index (χ1) is 8.24. The lowest BCUT2D eigenvalue weighted by Gasteiger charge is -2.29. The molecule has 0 radical (unpaired) electrons. The second-order valence-corrected chi connectivity index (χ2v) is 7.17. The van der Waals surface area contributed by atoms with E-state index in [1.165, 1.54) is 0 Å². The average molecular weight is 377 g/mol. The van der Waals surface area contributed by atoms with Crippen LogP contribution >= 0.6 is 31.9 Å². The van der Waals surface area contributed by atoms with E-state index in [4.69, 9.17) is 0 Å². The molecule has 1 aromatic rings. The van der Waals surface area contributed by atoms with Crippen molar-refractivity contribution in [1.29, 1.82) is 0 Å². The predicted molar refractivity (Wildman–Crippen MR) is 82.9 cm³/mol. The van der Waals surface area contributed by atoms with Crippen LogP contribution in [-0.4, -0.2) is 10.7 Å². The lowest BCUT2D eigenvalue weighted by molar-refractivity contribution is -0.122. The van der Waals surface area contributed by atoms with Gasteiger partial charge in [0.2, 0.25) is 5.91 Å². The summed E-state index contributed by atoms with van der Waals surface area (Å²) >= 11 is 6.84. The molecule has 0 saturated carbocycles. The van der Waals surface area contributed by atoms with Crippen molar-refractivity contribution in [1.82, 2.24) is 5.32 Å². The van der Waals surface area contributed by atoms with Crippen LogP contribution < -0.4 is 5.32 Å². The molecule has 0 heterocycles. The van der Waals surface area contributed by atoms with Gasteiger partial charge in [0.15, 0.2) is 0 Å². The van der Waals surface area contributed by atoms with Crippen LogP contribution in [0.5, 0.6) is 0 Å². The summed E-state index contributed by atoms with van der Waals surface area (Å²) in [5.74, 6) is 0.295. The highest BCUT2D eigenvalue weighted by atomic mass is 79.9. The molecule has 0 spiro atoms. The first kappa shape index (κ1) is 15.7. The van der Waals surface area contributed by atoms with E-state index in [2.05, 4.69) is 37.2 Å². The first-order valence-electron chi connectivity index (χ1n) is 5.96. The summed E-state index contributed by atoms with van der Waals surface area (Å²) in [6, 6.07) is 8.00. The maximum atomic E-state index is 12.1. The van der Waals surface area contributed by atoms with Crippen molar-refractivity contribution in [2.75, 3.05) is 0 Å². The number of nitrogens with one attached hydrogen (secondary N) is 1. The maximum absolute atomic E-state index is 12.1. The number of carbonyl (C=O) groups excluding carboxylic acids is 1. The molecule has 0 saturated heterocycles. The summed E-state index contributed by atoms with van der Waals surface area (Å²) in [7, 11) is 0. The van der Waals surface area contributed by atoms with Crippen LogP contribution in [0.25, 0.3) is 0 Å². The van der Waals surface area contributed by atoms with Crippen molar-refractivity contribution in [3.05, 3.63) is 34.3 Å². The molecule has 100 valence electrons. The van der Waals surface area contributed by atoms with E-state index < -0.39 is 0 Å². The van der Waals surface area contributed by atoms with Gasteiger partial charge in [-0.3, -0.25) is 4.79 Å². The molecule has 18 heavy (non-hydrogen) atoms. The lowest BCUT2D eigenvalue weighted by atomic mass is 9.94. The third-order valence-corrected chi connectivity index (χ3v) is 4.84. The summed E-state index contributed by atoms with van der Waals surface area (Å²) < 4.78 is 1.04. The molecule has 0 aliphatic heterocycles. The normalized spacial score (nSPS) is 13.5. The number of amides is 1. The van der Waals surface area contributed by atoms with Crippen molar-refractivity contribution in [2.24, 2.45) is 5.92 Å². The molecule has 2 nitrogen and oxygen atoms in total. The molecule has 1 amide bonds. The van der Waals surface area contributed by atoms with Crippen molar-refractivity contribution in [3.8, 4) is 0 Å². The highest BCUT2D eigenvalue weighted by Crippen LogP contribution is 2.23. The van der Waals surface area contributed by atoms with Gasteiger partial charge in [0.1, 0.15) is 0 Å². The van der Waals surface area contributed by atoms with Gasteiger partial charge >= 0.3 is 0 Å². The van der Waals surface area contributed by atoms with Crippen molar-refractivity contribution >= 4 is 37.8 Å². The summed E-state index contributed by atoms with van der Waals surface area (Å²) in [6.07, 6.45) is 0. The minimum Gasteiger partial charge on any atom is -0.346 e. The Kier molecular flexibility index (Phi) is 5.41. The Morgan fingerprint density at radius 2 is 1.72 bits per heavy atom. The molecule has 0 fully saturated rings. The van der Waals surface area contributed by atoms with Crippen molar-refractivity contribution in [2.45, 2.75) is 38.1 Å². The van der Waals surface area contributed by atoms with Crippen LogP contribution in [0.3, 0.4) is 0 Å². The third-order valence-electron chi connectivity index (χ3n) is 2.84. The topological polar surface area (TPSA) is 29.1 Å². The monoisotopic (exact) mass is 375 g/mol. The number of halogens is 2. The van der Waals surface area contributed by atoms with E-state index >= 15 is 0 Å². The fraction of sp³-hybridized carbons (Fsp3) is 0.500. The van der Waals surface area contributed by atoms with Gasteiger partial charge in [-0.05, 0) is 37.5 Å². The molecule has 0 aromatic heterocycles. The van der Waals surface area contributed by atoms with Gasteiger partial charge < -0.3 is 5.32 Å². The minimum absolute atomic E-state index is 0.0259. The van der Waals surface area contributed by atoms with E-state index in [1.54, 1.807) is 0 Å². The molecule has 0 bridgehead atoms. The number of carbonyl (C=O) groups is 1. The predicted octanol–water partition coefficient (Wildman–Crippen LogP) is 4.22. The van der Waals surface area contributed by atoms with Gasteiger partial charge in [0, 0.05) is 4.47 Å². The molecular weight excluding hydrogens is 358 g/mol. The van der Waals surface area contributed by atoms with Gasteiger partial charge in [-0.15, -0.1) is 0 Å². The first-order valence-corrected chi connectivity index (χ1v) is 7.67. The number of hydrogen-bond acceptors (Lipinski definition) is 1. The molecule has 1 N–H and O–H groups in total. The molecule has 1 rings (SSSR count). The summed E-state index contributed by atoms with van der Waals surface area (Å²) in [5.41, 5.74) is 0.709. The zero-order chi connectivity index (χ0) is 13.9. The average Bonchev–Trinajstić information content (AvgIpc) is 2.27. The highest BCUT2D eigenvalue weighted by molar-refractivity contribution is 9.10. The third kappa shape index (κ3) is 4.09. The highest BCUT2D eigenvalue weighted by Gasteiger charge is 2.27. The molecule has 1 aromatic carbocycles. The molecule has 0 aliphatic carbocycles. The van der Waals surface area contributed by atoms with E-state index in [-0.39, 0.29) is 22.2 Å².